The summed E-state index contributed by atoms with van der Waals surface area (Å²) in [6.07, 6.45) is 3.64. The van der Waals surface area contributed by atoms with E-state index in [2.05, 4.69) is 20.9 Å². The predicted octanol–water partition coefficient (Wildman–Crippen LogP) is 2.44. The van der Waals surface area contributed by atoms with E-state index in [4.69, 9.17) is 10.2 Å². The average Bonchev–Trinajstić information content (AvgIpc) is 2.80. The Hall–Kier alpha value is -2.40. The van der Waals surface area contributed by atoms with Crippen LogP contribution in [0.5, 0.6) is 0 Å². The first kappa shape index (κ1) is 12.6. The van der Waals surface area contributed by atoms with Gasteiger partial charge in [0.05, 0.1) is 6.54 Å². The molecule has 0 spiro atoms. The van der Waals surface area contributed by atoms with Gasteiger partial charge < -0.3 is 10.2 Å². The molecular weight excluding hydrogens is 252 g/mol. The molecule has 1 aromatic carbocycles. The van der Waals surface area contributed by atoms with Crippen LogP contribution in [0, 0.1) is 0 Å². The van der Waals surface area contributed by atoms with Gasteiger partial charge in [0, 0.05) is 24.6 Å². The molecule has 102 valence electrons. The minimum absolute atomic E-state index is 0.642. The van der Waals surface area contributed by atoms with Crippen molar-refractivity contribution in [2.24, 2.45) is 0 Å². The maximum Gasteiger partial charge on any atom is 0.209 e. The fourth-order valence-corrected chi connectivity index (χ4v) is 2.15. The van der Waals surface area contributed by atoms with E-state index in [1.54, 1.807) is 6.20 Å². The lowest BCUT2D eigenvalue weighted by Gasteiger charge is -2.13. The molecule has 0 atom stereocenters. The standard InChI is InChI=1S/C15H16N4O/c1-19(9-11-3-2-6-17-8-11)10-15-18-13-7-12(16)4-5-14(13)20-15/h2-8H,9-10,16H2,1H3. The summed E-state index contributed by atoms with van der Waals surface area (Å²) in [5, 5.41) is 0. The van der Waals surface area contributed by atoms with E-state index in [0.717, 1.165) is 23.2 Å². The number of fused-ring (bicyclic) bond motifs is 1. The van der Waals surface area contributed by atoms with Crippen molar-refractivity contribution in [3.05, 3.63) is 54.2 Å². The van der Waals surface area contributed by atoms with Crippen LogP contribution in [0.3, 0.4) is 0 Å². The summed E-state index contributed by atoms with van der Waals surface area (Å²) < 4.78 is 5.71. The molecule has 0 saturated carbocycles. The third-order valence-electron chi connectivity index (χ3n) is 3.04. The lowest BCUT2D eigenvalue weighted by Crippen LogP contribution is -2.17. The highest BCUT2D eigenvalue weighted by Crippen LogP contribution is 2.19. The van der Waals surface area contributed by atoms with E-state index in [0.29, 0.717) is 18.1 Å². The monoisotopic (exact) mass is 268 g/mol. The van der Waals surface area contributed by atoms with Crippen LogP contribution in [0.15, 0.2) is 47.1 Å². The predicted molar refractivity (Wildman–Crippen MR) is 77.8 cm³/mol. The molecule has 0 amide bonds. The Bertz CT molecular complexity index is 708. The summed E-state index contributed by atoms with van der Waals surface area (Å²) in [6.45, 7) is 1.44. The Morgan fingerprint density at radius 2 is 2.15 bits per heavy atom. The van der Waals surface area contributed by atoms with Crippen LogP contribution in [0.2, 0.25) is 0 Å². The second-order valence-electron chi connectivity index (χ2n) is 4.87. The highest BCUT2D eigenvalue weighted by atomic mass is 16.3. The summed E-state index contributed by atoms with van der Waals surface area (Å²) in [4.78, 5) is 10.7. The van der Waals surface area contributed by atoms with Crippen molar-refractivity contribution in [2.45, 2.75) is 13.1 Å². The highest BCUT2D eigenvalue weighted by Gasteiger charge is 2.09. The van der Waals surface area contributed by atoms with Crippen LogP contribution >= 0.6 is 0 Å². The van der Waals surface area contributed by atoms with Crippen molar-refractivity contribution in [3.8, 4) is 0 Å². The minimum Gasteiger partial charge on any atom is -0.439 e. The third kappa shape index (κ3) is 2.78. The van der Waals surface area contributed by atoms with E-state index in [-0.39, 0.29) is 0 Å². The van der Waals surface area contributed by atoms with Gasteiger partial charge in [-0.25, -0.2) is 4.98 Å². The van der Waals surface area contributed by atoms with E-state index in [9.17, 15) is 0 Å². The van der Waals surface area contributed by atoms with Gasteiger partial charge in [0.2, 0.25) is 5.89 Å². The van der Waals surface area contributed by atoms with Crippen molar-refractivity contribution in [1.82, 2.24) is 14.9 Å². The first-order chi connectivity index (χ1) is 9.70. The van der Waals surface area contributed by atoms with Gasteiger partial charge >= 0.3 is 0 Å². The Morgan fingerprint density at radius 1 is 1.25 bits per heavy atom. The topological polar surface area (TPSA) is 68.2 Å². The SMILES string of the molecule is CN(Cc1cccnc1)Cc1nc2cc(N)ccc2o1. The molecule has 0 radical (unpaired) electrons. The molecule has 0 aliphatic heterocycles. The summed E-state index contributed by atoms with van der Waals surface area (Å²) in [5.74, 6) is 0.692. The normalized spacial score (nSPS) is 11.3. The molecule has 0 bridgehead atoms. The van der Waals surface area contributed by atoms with E-state index < -0.39 is 0 Å². The van der Waals surface area contributed by atoms with Crippen LogP contribution in [0.1, 0.15) is 11.5 Å². The minimum atomic E-state index is 0.642. The molecule has 3 aromatic rings. The zero-order chi connectivity index (χ0) is 13.9. The number of nitrogens with two attached hydrogens (primary N) is 1. The molecule has 0 unspecified atom stereocenters. The number of benzene rings is 1. The highest BCUT2D eigenvalue weighted by molar-refractivity contribution is 5.76. The number of anilines is 1. The number of oxazole rings is 1. The Morgan fingerprint density at radius 3 is 2.95 bits per heavy atom. The quantitative estimate of drug-likeness (QED) is 0.736. The largest absolute Gasteiger partial charge is 0.439 e. The molecule has 3 rings (SSSR count). The van der Waals surface area contributed by atoms with Gasteiger partial charge in [-0.2, -0.15) is 0 Å². The molecule has 0 aliphatic carbocycles. The zero-order valence-corrected chi connectivity index (χ0v) is 11.3. The van der Waals surface area contributed by atoms with E-state index in [1.807, 2.05) is 37.5 Å². The summed E-state index contributed by atoms with van der Waals surface area (Å²) in [7, 11) is 2.02. The number of aromatic nitrogens is 2. The molecule has 0 fully saturated rings. The fourth-order valence-electron chi connectivity index (χ4n) is 2.15. The fraction of sp³-hybridized carbons (Fsp3) is 0.200. The number of rotatable bonds is 4. The van der Waals surface area contributed by atoms with Crippen molar-refractivity contribution < 1.29 is 4.42 Å². The molecule has 20 heavy (non-hydrogen) atoms. The number of hydrogen-bond acceptors (Lipinski definition) is 5. The first-order valence-corrected chi connectivity index (χ1v) is 6.43. The van der Waals surface area contributed by atoms with Crippen LogP contribution in [-0.4, -0.2) is 21.9 Å². The van der Waals surface area contributed by atoms with E-state index >= 15 is 0 Å². The average molecular weight is 268 g/mol. The third-order valence-corrected chi connectivity index (χ3v) is 3.04. The number of nitrogens with zero attached hydrogens (tertiary/aromatic N) is 3. The molecule has 5 heteroatoms. The van der Waals surface area contributed by atoms with Gasteiger partial charge in [0.15, 0.2) is 5.58 Å². The Labute approximate surface area is 117 Å². The van der Waals surface area contributed by atoms with Gasteiger partial charge in [-0.3, -0.25) is 9.88 Å². The Kier molecular flexibility index (Phi) is 3.35. The van der Waals surface area contributed by atoms with Crippen molar-refractivity contribution in [2.75, 3.05) is 12.8 Å². The maximum atomic E-state index is 5.74. The lowest BCUT2D eigenvalue weighted by molar-refractivity contribution is 0.285. The number of pyridine rings is 1. The molecule has 2 N–H and O–H groups in total. The molecule has 5 nitrogen and oxygen atoms in total. The second-order valence-corrected chi connectivity index (χ2v) is 4.87. The van der Waals surface area contributed by atoms with Gasteiger partial charge in [0.1, 0.15) is 5.52 Å². The maximum absolute atomic E-state index is 5.74. The van der Waals surface area contributed by atoms with Gasteiger partial charge in [0.25, 0.3) is 0 Å². The summed E-state index contributed by atoms with van der Waals surface area (Å²) in [5.41, 5.74) is 9.16. The van der Waals surface area contributed by atoms with E-state index in [1.165, 1.54) is 0 Å². The van der Waals surface area contributed by atoms with Crippen molar-refractivity contribution >= 4 is 16.8 Å². The number of hydrogen-bond donors (Lipinski definition) is 1. The van der Waals surface area contributed by atoms with Gasteiger partial charge in [-0.15, -0.1) is 0 Å². The zero-order valence-electron chi connectivity index (χ0n) is 11.3. The van der Waals surface area contributed by atoms with Crippen molar-refractivity contribution in [3.63, 3.8) is 0 Å². The van der Waals surface area contributed by atoms with Crippen LogP contribution in [0.4, 0.5) is 5.69 Å². The van der Waals surface area contributed by atoms with Gasteiger partial charge in [-0.1, -0.05) is 6.07 Å². The summed E-state index contributed by atoms with van der Waals surface area (Å²) in [6, 6.07) is 9.48. The molecule has 0 saturated heterocycles. The molecule has 0 aliphatic rings. The molecule has 2 aromatic heterocycles. The Balaban J connectivity index is 1.72. The molecular formula is C15H16N4O. The van der Waals surface area contributed by atoms with Crippen LogP contribution in [-0.2, 0) is 13.1 Å². The second kappa shape index (κ2) is 5.30. The van der Waals surface area contributed by atoms with Gasteiger partial charge in [-0.05, 0) is 36.9 Å². The van der Waals surface area contributed by atoms with Crippen LogP contribution < -0.4 is 5.73 Å². The van der Waals surface area contributed by atoms with Crippen LogP contribution in [0.25, 0.3) is 11.1 Å². The molecule has 2 heterocycles. The first-order valence-electron chi connectivity index (χ1n) is 6.43. The number of nitrogen functional groups attached to an aromatic ring is 1. The summed E-state index contributed by atoms with van der Waals surface area (Å²) >= 11 is 0. The smallest absolute Gasteiger partial charge is 0.209 e. The van der Waals surface area contributed by atoms with Crippen molar-refractivity contribution in [1.29, 1.82) is 0 Å². The lowest BCUT2D eigenvalue weighted by atomic mass is 10.3.